The van der Waals surface area contributed by atoms with Crippen LogP contribution in [0.5, 0.6) is 0 Å². The quantitative estimate of drug-likeness (QED) is 0.590. The highest BCUT2D eigenvalue weighted by Crippen LogP contribution is 2.19. The smallest absolute Gasteiger partial charge is 0.314 e. The SMILES string of the molecule is CC.FC(F)(F)C1CNCCN1. The zero-order valence-electron chi connectivity index (χ0n) is 7.33. The van der Waals surface area contributed by atoms with Crippen LogP contribution in [0.2, 0.25) is 0 Å². The maximum Gasteiger partial charge on any atom is 0.405 e. The lowest BCUT2D eigenvalue weighted by atomic mass is 10.2. The third-order valence-electron chi connectivity index (χ3n) is 1.44. The Bertz CT molecular complexity index is 108. The number of halogens is 3. The molecular formula is C7H15F3N2. The second-order valence-electron chi connectivity index (χ2n) is 2.25. The highest BCUT2D eigenvalue weighted by atomic mass is 19.4. The van der Waals surface area contributed by atoms with E-state index < -0.39 is 12.2 Å². The van der Waals surface area contributed by atoms with Gasteiger partial charge < -0.3 is 10.6 Å². The van der Waals surface area contributed by atoms with Gasteiger partial charge in [0.15, 0.2) is 0 Å². The average Bonchev–Trinajstić information content (AvgIpc) is 2.08. The van der Waals surface area contributed by atoms with E-state index >= 15 is 0 Å². The number of alkyl halides is 3. The van der Waals surface area contributed by atoms with E-state index in [1.165, 1.54) is 0 Å². The lowest BCUT2D eigenvalue weighted by Gasteiger charge is -2.26. The van der Waals surface area contributed by atoms with E-state index in [4.69, 9.17) is 0 Å². The van der Waals surface area contributed by atoms with Gasteiger partial charge in [-0.15, -0.1) is 0 Å². The molecule has 1 atom stereocenters. The summed E-state index contributed by atoms with van der Waals surface area (Å²) < 4.78 is 35.5. The Morgan fingerprint density at radius 2 is 1.75 bits per heavy atom. The van der Waals surface area contributed by atoms with Gasteiger partial charge in [0, 0.05) is 19.6 Å². The Labute approximate surface area is 70.5 Å². The first-order chi connectivity index (χ1) is 5.61. The molecule has 2 N–H and O–H groups in total. The Morgan fingerprint density at radius 3 is 2.00 bits per heavy atom. The van der Waals surface area contributed by atoms with Gasteiger partial charge in [-0.2, -0.15) is 13.2 Å². The second-order valence-corrected chi connectivity index (χ2v) is 2.25. The molecule has 1 heterocycles. The summed E-state index contributed by atoms with van der Waals surface area (Å²) >= 11 is 0. The van der Waals surface area contributed by atoms with Crippen LogP contribution in [0.15, 0.2) is 0 Å². The predicted molar refractivity (Wildman–Crippen MR) is 42.1 cm³/mol. The number of rotatable bonds is 0. The normalized spacial score (nSPS) is 24.2. The molecule has 0 radical (unpaired) electrons. The van der Waals surface area contributed by atoms with E-state index in [1.54, 1.807) is 0 Å². The molecule has 0 aromatic heterocycles. The molecule has 0 saturated carbocycles. The predicted octanol–water partition coefficient (Wildman–Crippen LogP) is 1.14. The largest absolute Gasteiger partial charge is 0.405 e. The van der Waals surface area contributed by atoms with Crippen molar-refractivity contribution >= 4 is 0 Å². The molecule has 74 valence electrons. The monoisotopic (exact) mass is 184 g/mol. The molecular weight excluding hydrogens is 169 g/mol. The Hall–Kier alpha value is -0.290. The third kappa shape index (κ3) is 3.92. The lowest BCUT2D eigenvalue weighted by molar-refractivity contribution is -0.156. The van der Waals surface area contributed by atoms with Crippen molar-refractivity contribution in [3.8, 4) is 0 Å². The van der Waals surface area contributed by atoms with Gasteiger partial charge in [0.2, 0.25) is 0 Å². The summed E-state index contributed by atoms with van der Waals surface area (Å²) in [5.74, 6) is 0. The molecule has 5 heteroatoms. The van der Waals surface area contributed by atoms with Crippen molar-refractivity contribution in [1.82, 2.24) is 10.6 Å². The summed E-state index contributed by atoms with van der Waals surface area (Å²) in [6.07, 6.45) is -4.10. The molecule has 1 unspecified atom stereocenters. The first-order valence-electron chi connectivity index (χ1n) is 4.11. The minimum atomic E-state index is -4.10. The molecule has 0 amide bonds. The Kier molecular flexibility index (Phi) is 5.24. The van der Waals surface area contributed by atoms with Crippen LogP contribution in [0.4, 0.5) is 13.2 Å². The lowest BCUT2D eigenvalue weighted by Crippen LogP contribution is -2.55. The summed E-state index contributed by atoms with van der Waals surface area (Å²) in [7, 11) is 0. The number of piperazine rings is 1. The standard InChI is InChI=1S/C5H9F3N2.C2H6/c6-5(7,8)4-3-9-1-2-10-4;1-2/h4,9-10H,1-3H2;1-2H3. The van der Waals surface area contributed by atoms with Crippen LogP contribution in [0.1, 0.15) is 13.8 Å². The molecule has 1 saturated heterocycles. The molecule has 1 rings (SSSR count). The van der Waals surface area contributed by atoms with Gasteiger partial charge in [0.05, 0.1) is 0 Å². The van der Waals surface area contributed by atoms with E-state index in [9.17, 15) is 13.2 Å². The fourth-order valence-corrected chi connectivity index (χ4v) is 0.885. The maximum absolute atomic E-state index is 11.8. The van der Waals surface area contributed by atoms with Crippen molar-refractivity contribution in [3.05, 3.63) is 0 Å². The van der Waals surface area contributed by atoms with E-state index in [-0.39, 0.29) is 6.54 Å². The van der Waals surface area contributed by atoms with Crippen LogP contribution in [0.25, 0.3) is 0 Å². The highest BCUT2D eigenvalue weighted by Gasteiger charge is 2.39. The average molecular weight is 184 g/mol. The topological polar surface area (TPSA) is 24.1 Å². The summed E-state index contributed by atoms with van der Waals surface area (Å²) in [6, 6.07) is -1.36. The van der Waals surface area contributed by atoms with Crippen LogP contribution < -0.4 is 10.6 Å². The van der Waals surface area contributed by atoms with Gasteiger partial charge in [0.1, 0.15) is 6.04 Å². The van der Waals surface area contributed by atoms with Crippen LogP contribution in [-0.4, -0.2) is 31.9 Å². The zero-order valence-corrected chi connectivity index (χ0v) is 7.33. The van der Waals surface area contributed by atoms with Gasteiger partial charge in [0.25, 0.3) is 0 Å². The molecule has 1 fully saturated rings. The van der Waals surface area contributed by atoms with Crippen LogP contribution in [0.3, 0.4) is 0 Å². The Balaban J connectivity index is 0.000000561. The van der Waals surface area contributed by atoms with Gasteiger partial charge in [-0.3, -0.25) is 0 Å². The summed E-state index contributed by atoms with van der Waals surface area (Å²) in [4.78, 5) is 0. The van der Waals surface area contributed by atoms with Crippen LogP contribution in [-0.2, 0) is 0 Å². The molecule has 0 aliphatic carbocycles. The second kappa shape index (κ2) is 5.37. The van der Waals surface area contributed by atoms with Gasteiger partial charge in [-0.1, -0.05) is 13.8 Å². The van der Waals surface area contributed by atoms with E-state index in [0.29, 0.717) is 13.1 Å². The van der Waals surface area contributed by atoms with E-state index in [0.717, 1.165) is 0 Å². The fourth-order valence-electron chi connectivity index (χ4n) is 0.885. The van der Waals surface area contributed by atoms with Crippen molar-refractivity contribution in [2.75, 3.05) is 19.6 Å². The van der Waals surface area contributed by atoms with Crippen molar-refractivity contribution in [1.29, 1.82) is 0 Å². The molecule has 12 heavy (non-hydrogen) atoms. The highest BCUT2D eigenvalue weighted by molar-refractivity contribution is 4.81. The van der Waals surface area contributed by atoms with Crippen LogP contribution in [0, 0.1) is 0 Å². The summed E-state index contributed by atoms with van der Waals surface area (Å²) in [6.45, 7) is 5.00. The van der Waals surface area contributed by atoms with Crippen molar-refractivity contribution in [2.24, 2.45) is 0 Å². The number of nitrogens with one attached hydrogen (secondary N) is 2. The molecule has 0 bridgehead atoms. The summed E-state index contributed by atoms with van der Waals surface area (Å²) in [5.41, 5.74) is 0. The molecule has 0 aromatic rings. The first-order valence-corrected chi connectivity index (χ1v) is 4.11. The first kappa shape index (κ1) is 11.7. The van der Waals surface area contributed by atoms with Crippen LogP contribution >= 0.6 is 0 Å². The molecule has 1 aliphatic rings. The zero-order chi connectivity index (χ0) is 9.61. The van der Waals surface area contributed by atoms with Crippen molar-refractivity contribution in [3.63, 3.8) is 0 Å². The number of hydrogen-bond acceptors (Lipinski definition) is 2. The van der Waals surface area contributed by atoms with Gasteiger partial charge >= 0.3 is 6.18 Å². The molecule has 1 aliphatic heterocycles. The maximum atomic E-state index is 11.8. The minimum absolute atomic E-state index is 0.0104. The number of hydrogen-bond donors (Lipinski definition) is 2. The van der Waals surface area contributed by atoms with Crippen molar-refractivity contribution < 1.29 is 13.2 Å². The minimum Gasteiger partial charge on any atom is -0.314 e. The fraction of sp³-hybridized carbons (Fsp3) is 1.00. The van der Waals surface area contributed by atoms with Crippen molar-refractivity contribution in [2.45, 2.75) is 26.1 Å². The van der Waals surface area contributed by atoms with Gasteiger partial charge in [-0.25, -0.2) is 0 Å². The summed E-state index contributed by atoms with van der Waals surface area (Å²) in [5, 5.41) is 5.03. The molecule has 0 aromatic carbocycles. The van der Waals surface area contributed by atoms with E-state index in [1.807, 2.05) is 13.8 Å². The molecule has 0 spiro atoms. The van der Waals surface area contributed by atoms with Gasteiger partial charge in [-0.05, 0) is 0 Å². The third-order valence-corrected chi connectivity index (χ3v) is 1.44. The van der Waals surface area contributed by atoms with E-state index in [2.05, 4.69) is 10.6 Å². The molecule has 2 nitrogen and oxygen atoms in total. The Morgan fingerprint density at radius 1 is 1.17 bits per heavy atom.